The fourth-order valence-electron chi connectivity index (χ4n) is 2.76. The fourth-order valence-corrected chi connectivity index (χ4v) is 2.76. The van der Waals surface area contributed by atoms with Crippen LogP contribution in [-0.4, -0.2) is 24.0 Å². The van der Waals surface area contributed by atoms with E-state index in [9.17, 15) is 14.4 Å². The lowest BCUT2D eigenvalue weighted by Gasteiger charge is -2.16. The van der Waals surface area contributed by atoms with Crippen LogP contribution in [0.1, 0.15) is 34.8 Å². The number of hydrogen-bond donors (Lipinski definition) is 1. The Hall–Kier alpha value is -2.94. The van der Waals surface area contributed by atoms with E-state index in [0.717, 1.165) is 31.7 Å². The SMILES string of the molecule is N#C[C@H](NC(=O)c1ccc(N2CCCC2)nc1)c1ccccc1F. The molecule has 24 heavy (non-hydrogen) atoms. The molecule has 0 spiro atoms. The van der Waals surface area contributed by atoms with E-state index in [1.807, 2.05) is 6.07 Å². The third-order valence-corrected chi connectivity index (χ3v) is 4.06. The Morgan fingerprint density at radius 2 is 2.00 bits per heavy atom. The monoisotopic (exact) mass is 324 g/mol. The number of hydrogen-bond acceptors (Lipinski definition) is 4. The Labute approximate surface area is 139 Å². The first-order valence-corrected chi connectivity index (χ1v) is 7.85. The van der Waals surface area contributed by atoms with Crippen molar-refractivity contribution in [2.75, 3.05) is 18.0 Å². The van der Waals surface area contributed by atoms with Gasteiger partial charge < -0.3 is 10.2 Å². The Kier molecular flexibility index (Phi) is 4.71. The number of carbonyl (C=O) groups excluding carboxylic acids is 1. The lowest BCUT2D eigenvalue weighted by atomic mass is 10.1. The van der Waals surface area contributed by atoms with Gasteiger partial charge in [-0.15, -0.1) is 0 Å². The van der Waals surface area contributed by atoms with Crippen LogP contribution in [0.15, 0.2) is 42.6 Å². The third kappa shape index (κ3) is 3.35. The zero-order valence-corrected chi connectivity index (χ0v) is 13.1. The van der Waals surface area contributed by atoms with Crippen LogP contribution < -0.4 is 10.2 Å². The molecule has 122 valence electrons. The smallest absolute Gasteiger partial charge is 0.254 e. The van der Waals surface area contributed by atoms with Crippen LogP contribution in [-0.2, 0) is 0 Å². The number of amides is 1. The average molecular weight is 324 g/mol. The van der Waals surface area contributed by atoms with Crippen molar-refractivity contribution in [1.29, 1.82) is 5.26 Å². The van der Waals surface area contributed by atoms with Gasteiger partial charge in [-0.2, -0.15) is 5.26 Å². The summed E-state index contributed by atoms with van der Waals surface area (Å²) < 4.78 is 13.8. The third-order valence-electron chi connectivity index (χ3n) is 4.06. The highest BCUT2D eigenvalue weighted by molar-refractivity contribution is 5.94. The summed E-state index contributed by atoms with van der Waals surface area (Å²) in [6.45, 7) is 1.95. The number of benzene rings is 1. The van der Waals surface area contributed by atoms with Gasteiger partial charge in [0.05, 0.1) is 11.6 Å². The van der Waals surface area contributed by atoms with Gasteiger partial charge in [0.1, 0.15) is 17.7 Å². The van der Waals surface area contributed by atoms with Gasteiger partial charge in [-0.1, -0.05) is 18.2 Å². The molecule has 1 aromatic carbocycles. The van der Waals surface area contributed by atoms with E-state index in [2.05, 4.69) is 15.2 Å². The van der Waals surface area contributed by atoms with Gasteiger partial charge in [-0.3, -0.25) is 4.79 Å². The predicted octanol–water partition coefficient (Wildman–Crippen LogP) is 2.82. The van der Waals surface area contributed by atoms with Crippen molar-refractivity contribution in [3.8, 4) is 6.07 Å². The number of aromatic nitrogens is 1. The summed E-state index contributed by atoms with van der Waals surface area (Å²) in [6, 6.07) is 10.3. The molecule has 1 atom stereocenters. The van der Waals surface area contributed by atoms with Crippen molar-refractivity contribution < 1.29 is 9.18 Å². The van der Waals surface area contributed by atoms with E-state index in [1.54, 1.807) is 18.2 Å². The lowest BCUT2D eigenvalue weighted by Crippen LogP contribution is -2.28. The number of rotatable bonds is 4. The molecule has 1 aliphatic heterocycles. The number of pyridine rings is 1. The number of carbonyl (C=O) groups is 1. The van der Waals surface area contributed by atoms with E-state index in [1.165, 1.54) is 24.4 Å². The molecule has 1 amide bonds. The summed E-state index contributed by atoms with van der Waals surface area (Å²) in [5, 5.41) is 11.8. The molecular formula is C18H17FN4O. The zero-order valence-electron chi connectivity index (χ0n) is 13.1. The van der Waals surface area contributed by atoms with E-state index < -0.39 is 17.8 Å². The van der Waals surface area contributed by atoms with Crippen molar-refractivity contribution in [2.24, 2.45) is 0 Å². The van der Waals surface area contributed by atoms with Gasteiger partial charge in [0.15, 0.2) is 0 Å². The Morgan fingerprint density at radius 3 is 2.62 bits per heavy atom. The van der Waals surface area contributed by atoms with Crippen molar-refractivity contribution in [1.82, 2.24) is 10.3 Å². The number of nitrogens with one attached hydrogen (secondary N) is 1. The summed E-state index contributed by atoms with van der Waals surface area (Å²) in [7, 11) is 0. The van der Waals surface area contributed by atoms with E-state index >= 15 is 0 Å². The van der Waals surface area contributed by atoms with Gasteiger partial charge in [-0.05, 0) is 31.0 Å². The molecule has 1 aromatic heterocycles. The normalized spacial score (nSPS) is 14.9. The standard InChI is InChI=1S/C18H17FN4O/c19-15-6-2-1-5-14(15)16(11-20)22-18(24)13-7-8-17(21-12-13)23-9-3-4-10-23/h1-2,5-8,12,16H,3-4,9-10H2,(H,22,24)/t16-/m0/s1. The second-order valence-electron chi connectivity index (χ2n) is 5.66. The summed E-state index contributed by atoms with van der Waals surface area (Å²) in [6.07, 6.45) is 3.78. The van der Waals surface area contributed by atoms with Crippen LogP contribution >= 0.6 is 0 Å². The molecule has 6 heteroatoms. The van der Waals surface area contributed by atoms with Crippen LogP contribution in [0.4, 0.5) is 10.2 Å². The van der Waals surface area contributed by atoms with Gasteiger partial charge in [0.2, 0.25) is 0 Å². The van der Waals surface area contributed by atoms with Crippen LogP contribution in [0.25, 0.3) is 0 Å². The molecule has 0 bridgehead atoms. The molecule has 5 nitrogen and oxygen atoms in total. The number of halogens is 1. The van der Waals surface area contributed by atoms with Gasteiger partial charge in [0, 0.05) is 24.8 Å². The number of nitriles is 1. The van der Waals surface area contributed by atoms with Crippen LogP contribution in [0.2, 0.25) is 0 Å². The maximum Gasteiger partial charge on any atom is 0.254 e. The minimum Gasteiger partial charge on any atom is -0.357 e. The summed E-state index contributed by atoms with van der Waals surface area (Å²) in [4.78, 5) is 18.8. The minimum atomic E-state index is -1.04. The van der Waals surface area contributed by atoms with Crippen molar-refractivity contribution in [3.63, 3.8) is 0 Å². The number of anilines is 1. The topological polar surface area (TPSA) is 69.0 Å². The van der Waals surface area contributed by atoms with Crippen molar-refractivity contribution in [2.45, 2.75) is 18.9 Å². The predicted molar refractivity (Wildman–Crippen MR) is 87.9 cm³/mol. The molecular weight excluding hydrogens is 307 g/mol. The van der Waals surface area contributed by atoms with Gasteiger partial charge in [0.25, 0.3) is 5.91 Å². The fraction of sp³-hybridized carbons (Fsp3) is 0.278. The first-order chi connectivity index (χ1) is 11.7. The van der Waals surface area contributed by atoms with Gasteiger partial charge in [-0.25, -0.2) is 9.37 Å². The Balaban J connectivity index is 1.72. The summed E-state index contributed by atoms with van der Waals surface area (Å²) in [5.74, 6) is -0.132. The second-order valence-corrected chi connectivity index (χ2v) is 5.66. The molecule has 2 aromatic rings. The highest BCUT2D eigenvalue weighted by Gasteiger charge is 2.19. The number of nitrogens with zero attached hydrogens (tertiary/aromatic N) is 3. The first-order valence-electron chi connectivity index (χ1n) is 7.85. The average Bonchev–Trinajstić information content (AvgIpc) is 3.15. The molecule has 0 unspecified atom stereocenters. The molecule has 3 rings (SSSR count). The second kappa shape index (κ2) is 7.09. The van der Waals surface area contributed by atoms with Crippen molar-refractivity contribution in [3.05, 3.63) is 59.5 Å². The molecule has 0 aliphatic carbocycles. The van der Waals surface area contributed by atoms with E-state index in [-0.39, 0.29) is 5.56 Å². The van der Waals surface area contributed by atoms with Crippen LogP contribution in [0.3, 0.4) is 0 Å². The van der Waals surface area contributed by atoms with Crippen LogP contribution in [0.5, 0.6) is 0 Å². The molecule has 0 radical (unpaired) electrons. The van der Waals surface area contributed by atoms with Crippen LogP contribution in [0, 0.1) is 17.1 Å². The maximum absolute atomic E-state index is 13.8. The van der Waals surface area contributed by atoms with Crippen molar-refractivity contribution >= 4 is 11.7 Å². The Bertz CT molecular complexity index is 763. The maximum atomic E-state index is 13.8. The highest BCUT2D eigenvalue weighted by Crippen LogP contribution is 2.19. The summed E-state index contributed by atoms with van der Waals surface area (Å²) >= 11 is 0. The largest absolute Gasteiger partial charge is 0.357 e. The quantitative estimate of drug-likeness (QED) is 0.939. The highest BCUT2D eigenvalue weighted by atomic mass is 19.1. The summed E-state index contributed by atoms with van der Waals surface area (Å²) in [5.41, 5.74) is 0.490. The lowest BCUT2D eigenvalue weighted by molar-refractivity contribution is 0.0944. The molecule has 1 aliphatic rings. The van der Waals surface area contributed by atoms with Gasteiger partial charge >= 0.3 is 0 Å². The Morgan fingerprint density at radius 1 is 1.25 bits per heavy atom. The minimum absolute atomic E-state index is 0.148. The zero-order chi connectivity index (χ0) is 16.9. The van der Waals surface area contributed by atoms with E-state index in [4.69, 9.17) is 0 Å². The molecule has 0 saturated carbocycles. The molecule has 2 heterocycles. The molecule has 1 fully saturated rings. The first kappa shape index (κ1) is 15.9. The molecule has 1 N–H and O–H groups in total. The van der Waals surface area contributed by atoms with E-state index in [0.29, 0.717) is 5.56 Å². The molecule has 1 saturated heterocycles.